The molecule has 302 valence electrons. The first-order valence-electron chi connectivity index (χ1n) is 21.7. The van der Waals surface area contributed by atoms with Crippen molar-refractivity contribution in [1.29, 1.82) is 0 Å². The van der Waals surface area contributed by atoms with Crippen LogP contribution in [0.3, 0.4) is 0 Å². The van der Waals surface area contributed by atoms with Gasteiger partial charge in [0.2, 0.25) is 0 Å². The molecular weight excluding hydrogens is 701 g/mol. The Labute approximate surface area is 337 Å². The highest BCUT2D eigenvalue weighted by molar-refractivity contribution is 7.80. The van der Waals surface area contributed by atoms with E-state index in [2.05, 4.69) is 25.7 Å². The maximum Gasteiger partial charge on any atom is 0.343 e. The van der Waals surface area contributed by atoms with Crippen LogP contribution < -0.4 is 9.47 Å². The van der Waals surface area contributed by atoms with E-state index in [-0.39, 0.29) is 6.10 Å². The van der Waals surface area contributed by atoms with E-state index in [9.17, 15) is 9.00 Å². The average molecular weight is 771 g/mol. The molecule has 0 aliphatic rings. The van der Waals surface area contributed by atoms with Crippen molar-refractivity contribution in [3.8, 4) is 23.3 Å². The Bertz CT molecular complexity index is 1500. The van der Waals surface area contributed by atoms with Gasteiger partial charge in [-0.15, -0.1) is 0 Å². The minimum atomic E-state index is -1.50. The molecule has 0 aromatic heterocycles. The van der Waals surface area contributed by atoms with Gasteiger partial charge in [-0.25, -0.2) is 9.00 Å². The molecule has 0 aliphatic carbocycles. The van der Waals surface area contributed by atoms with Crippen LogP contribution in [0.5, 0.6) is 11.5 Å². The van der Waals surface area contributed by atoms with Crippen molar-refractivity contribution in [2.45, 2.75) is 179 Å². The van der Waals surface area contributed by atoms with Gasteiger partial charge in [-0.05, 0) is 92.6 Å². The third-order valence-corrected chi connectivity index (χ3v) is 11.2. The molecule has 2 atom stereocenters. The van der Waals surface area contributed by atoms with Crippen molar-refractivity contribution in [1.82, 2.24) is 0 Å². The molecule has 0 spiro atoms. The molecule has 6 heteroatoms. The molecule has 0 radical (unpaired) electrons. The molecule has 0 aliphatic heterocycles. The summed E-state index contributed by atoms with van der Waals surface area (Å²) in [6.07, 6.45) is 29.8. The highest BCUT2D eigenvalue weighted by Gasteiger charge is 2.11. The van der Waals surface area contributed by atoms with Crippen LogP contribution in [-0.2, 0) is 15.3 Å². The quantitative estimate of drug-likeness (QED) is 0.0292. The Kier molecular flexibility index (Phi) is 24.9. The molecule has 0 fully saturated rings. The number of carbonyl (C=O) groups is 1. The standard InChI is InChI=1S/C49H70O5S/c1-4-6-8-10-12-14-15-16-17-18-19-21-23-25-41-52-46-37-33-45(34-38-46)49(50)53-47-35-29-43(30-36-47)27-28-44-31-39-48(40-32-44)55(51)54-42(3)26-24-22-20-13-11-9-7-5-2/h29-40,42H,4-26,41H2,1-3H3/t42-,55?/m0/s1. The molecule has 5 nitrogen and oxygen atoms in total. The van der Waals surface area contributed by atoms with E-state index in [1.54, 1.807) is 24.3 Å². The summed E-state index contributed by atoms with van der Waals surface area (Å²) in [6, 6.07) is 21.6. The SMILES string of the molecule is CCCCCCCCCCCCCCCCOc1ccc(C(=O)Oc2ccc(C#Cc3ccc(S(=O)O[C@@H](C)CCCCCCCCCC)cc3)cc2)cc1. The molecule has 3 rings (SSSR count). The van der Waals surface area contributed by atoms with Gasteiger partial charge in [0.15, 0.2) is 11.1 Å². The lowest BCUT2D eigenvalue weighted by Gasteiger charge is -2.12. The first-order chi connectivity index (χ1) is 27.0. The zero-order valence-electron chi connectivity index (χ0n) is 34.4. The van der Waals surface area contributed by atoms with E-state index in [0.29, 0.717) is 22.8 Å². The van der Waals surface area contributed by atoms with Gasteiger partial charge in [-0.3, -0.25) is 4.18 Å². The summed E-state index contributed by atoms with van der Waals surface area (Å²) in [5, 5.41) is 0. The minimum Gasteiger partial charge on any atom is -0.494 e. The van der Waals surface area contributed by atoms with Gasteiger partial charge < -0.3 is 9.47 Å². The van der Waals surface area contributed by atoms with Crippen LogP contribution in [0.2, 0.25) is 0 Å². The van der Waals surface area contributed by atoms with Gasteiger partial charge in [-0.2, -0.15) is 0 Å². The lowest BCUT2D eigenvalue weighted by Crippen LogP contribution is -2.10. The average Bonchev–Trinajstić information content (AvgIpc) is 3.20. The summed E-state index contributed by atoms with van der Waals surface area (Å²) in [7, 11) is 0. The molecule has 0 heterocycles. The summed E-state index contributed by atoms with van der Waals surface area (Å²) in [4.78, 5) is 13.4. The lowest BCUT2D eigenvalue weighted by molar-refractivity contribution is 0.0734. The monoisotopic (exact) mass is 770 g/mol. The topological polar surface area (TPSA) is 61.8 Å². The zero-order chi connectivity index (χ0) is 39.2. The highest BCUT2D eigenvalue weighted by Crippen LogP contribution is 2.19. The number of rotatable bonds is 30. The van der Waals surface area contributed by atoms with Crippen LogP contribution in [0.4, 0.5) is 0 Å². The van der Waals surface area contributed by atoms with Crippen LogP contribution in [-0.4, -0.2) is 22.9 Å². The van der Waals surface area contributed by atoms with Crippen LogP contribution in [0.25, 0.3) is 0 Å². The molecular formula is C49H70O5S. The summed E-state index contributed by atoms with van der Waals surface area (Å²) in [5.74, 6) is 7.10. The lowest BCUT2D eigenvalue weighted by atomic mass is 10.0. The van der Waals surface area contributed by atoms with Gasteiger partial charge in [-0.1, -0.05) is 161 Å². The maximum atomic E-state index is 12.7. The third kappa shape index (κ3) is 21.5. The van der Waals surface area contributed by atoms with Gasteiger partial charge in [0.1, 0.15) is 11.5 Å². The predicted molar refractivity (Wildman–Crippen MR) is 230 cm³/mol. The predicted octanol–water partition coefficient (Wildman–Crippen LogP) is 14.1. The Morgan fingerprint density at radius 3 is 1.45 bits per heavy atom. The molecule has 3 aromatic carbocycles. The summed E-state index contributed by atoms with van der Waals surface area (Å²) >= 11 is -1.50. The molecule has 55 heavy (non-hydrogen) atoms. The second kappa shape index (κ2) is 29.8. The van der Waals surface area contributed by atoms with Gasteiger partial charge in [0.05, 0.1) is 23.2 Å². The minimum absolute atomic E-state index is 0.0452. The summed E-state index contributed by atoms with van der Waals surface area (Å²) < 4.78 is 30.0. The van der Waals surface area contributed by atoms with Crippen molar-refractivity contribution in [3.05, 3.63) is 89.5 Å². The molecule has 0 saturated carbocycles. The first-order valence-corrected chi connectivity index (χ1v) is 22.8. The van der Waals surface area contributed by atoms with Gasteiger partial charge >= 0.3 is 5.97 Å². The number of hydrogen-bond acceptors (Lipinski definition) is 5. The number of unbranched alkanes of at least 4 members (excludes halogenated alkanes) is 20. The van der Waals surface area contributed by atoms with E-state index in [1.165, 1.54) is 128 Å². The summed E-state index contributed by atoms with van der Waals surface area (Å²) in [5.41, 5.74) is 2.08. The van der Waals surface area contributed by atoms with Crippen molar-refractivity contribution in [2.75, 3.05) is 6.61 Å². The molecule has 0 bridgehead atoms. The van der Waals surface area contributed by atoms with Crippen LogP contribution in [0.1, 0.15) is 190 Å². The molecule has 0 N–H and O–H groups in total. The van der Waals surface area contributed by atoms with E-state index in [4.69, 9.17) is 13.7 Å². The van der Waals surface area contributed by atoms with E-state index in [1.807, 2.05) is 55.5 Å². The largest absolute Gasteiger partial charge is 0.494 e. The van der Waals surface area contributed by atoms with Crippen LogP contribution in [0, 0.1) is 11.8 Å². The number of hydrogen-bond donors (Lipinski definition) is 0. The fourth-order valence-corrected chi connectivity index (χ4v) is 7.42. The fraction of sp³-hybridized carbons (Fsp3) is 0.571. The van der Waals surface area contributed by atoms with E-state index < -0.39 is 17.0 Å². The van der Waals surface area contributed by atoms with Crippen LogP contribution in [0.15, 0.2) is 77.7 Å². The normalized spacial score (nSPS) is 12.1. The Hall–Kier alpha value is -3.40. The molecule has 1 unspecified atom stereocenters. The first kappa shape index (κ1) is 46.0. The van der Waals surface area contributed by atoms with Gasteiger partial charge in [0, 0.05) is 11.1 Å². The Balaban J connectivity index is 1.27. The highest BCUT2D eigenvalue weighted by atomic mass is 32.2. The molecule has 3 aromatic rings. The third-order valence-electron chi connectivity index (χ3n) is 10.0. The van der Waals surface area contributed by atoms with Crippen LogP contribution >= 0.6 is 0 Å². The Morgan fingerprint density at radius 1 is 0.545 bits per heavy atom. The van der Waals surface area contributed by atoms with E-state index >= 15 is 0 Å². The maximum absolute atomic E-state index is 12.7. The number of benzene rings is 3. The summed E-state index contributed by atoms with van der Waals surface area (Å²) in [6.45, 7) is 7.21. The Morgan fingerprint density at radius 2 is 0.964 bits per heavy atom. The number of esters is 1. The van der Waals surface area contributed by atoms with Crippen molar-refractivity contribution >= 4 is 17.0 Å². The zero-order valence-corrected chi connectivity index (χ0v) is 35.2. The second-order valence-corrected chi connectivity index (χ2v) is 16.2. The van der Waals surface area contributed by atoms with Crippen molar-refractivity contribution in [3.63, 3.8) is 0 Å². The second-order valence-electron chi connectivity index (χ2n) is 15.1. The number of ether oxygens (including phenoxy) is 2. The molecule has 0 amide bonds. The fourth-order valence-electron chi connectivity index (χ4n) is 6.56. The van der Waals surface area contributed by atoms with Gasteiger partial charge in [0.25, 0.3) is 0 Å². The number of carbonyl (C=O) groups excluding carboxylic acids is 1. The van der Waals surface area contributed by atoms with E-state index in [0.717, 1.165) is 36.1 Å². The van der Waals surface area contributed by atoms with Crippen molar-refractivity contribution < 1.29 is 22.7 Å². The smallest absolute Gasteiger partial charge is 0.343 e. The van der Waals surface area contributed by atoms with Crippen molar-refractivity contribution in [2.24, 2.45) is 0 Å². The molecule has 0 saturated heterocycles.